The predicted molar refractivity (Wildman–Crippen MR) is 73.9 cm³/mol. The minimum atomic E-state index is -0.347. The predicted octanol–water partition coefficient (Wildman–Crippen LogP) is 0.739. The maximum Gasteiger partial charge on any atom is 0.243 e. The Morgan fingerprint density at radius 3 is 2.44 bits per heavy atom. The molecule has 0 saturated heterocycles. The number of hydrogen-bond acceptors (Lipinski definition) is 3. The Balaban J connectivity index is 0.00000289. The molecule has 0 heterocycles. The molecule has 0 radical (unpaired) electrons. The van der Waals surface area contributed by atoms with Crippen LogP contribution in [-0.4, -0.2) is 24.9 Å². The second-order valence-electron chi connectivity index (χ2n) is 3.85. The topological polar surface area (TPSA) is 84.2 Å². The molecule has 6 heteroatoms. The number of nitrogens with one attached hydrogen (secondary N) is 2. The summed E-state index contributed by atoms with van der Waals surface area (Å²) < 4.78 is 0. The van der Waals surface area contributed by atoms with Crippen LogP contribution in [-0.2, 0) is 9.59 Å². The van der Waals surface area contributed by atoms with E-state index in [9.17, 15) is 9.59 Å². The zero-order valence-corrected chi connectivity index (χ0v) is 11.3. The molecule has 100 valence electrons. The first-order valence-electron chi connectivity index (χ1n) is 5.37. The lowest BCUT2D eigenvalue weighted by atomic mass is 10.1. The monoisotopic (exact) mass is 271 g/mol. The third kappa shape index (κ3) is 5.16. The van der Waals surface area contributed by atoms with Crippen molar-refractivity contribution in [2.24, 2.45) is 5.73 Å². The van der Waals surface area contributed by atoms with E-state index in [1.54, 1.807) is 0 Å². The third-order valence-electron chi connectivity index (χ3n) is 2.29. The van der Waals surface area contributed by atoms with E-state index in [0.717, 1.165) is 16.8 Å². The van der Waals surface area contributed by atoms with E-state index in [1.807, 2.05) is 32.0 Å². The molecule has 0 bridgehead atoms. The van der Waals surface area contributed by atoms with Crippen LogP contribution in [0.15, 0.2) is 18.2 Å². The van der Waals surface area contributed by atoms with Crippen LogP contribution in [0.3, 0.4) is 0 Å². The highest BCUT2D eigenvalue weighted by Crippen LogP contribution is 2.15. The van der Waals surface area contributed by atoms with Gasteiger partial charge in [0.25, 0.3) is 0 Å². The van der Waals surface area contributed by atoms with Crippen molar-refractivity contribution >= 4 is 29.9 Å². The SMILES string of the molecule is Cc1ccc(NC(=O)CNC(=O)CN)c(C)c1.Cl. The quantitative estimate of drug-likeness (QED) is 0.755. The first-order valence-corrected chi connectivity index (χ1v) is 5.37. The summed E-state index contributed by atoms with van der Waals surface area (Å²) >= 11 is 0. The lowest BCUT2D eigenvalue weighted by Gasteiger charge is -2.09. The van der Waals surface area contributed by atoms with Crippen molar-refractivity contribution in [2.75, 3.05) is 18.4 Å². The second kappa shape index (κ2) is 7.68. The van der Waals surface area contributed by atoms with E-state index in [0.29, 0.717) is 0 Å². The second-order valence-corrected chi connectivity index (χ2v) is 3.85. The van der Waals surface area contributed by atoms with Crippen LogP contribution in [0, 0.1) is 13.8 Å². The van der Waals surface area contributed by atoms with E-state index in [2.05, 4.69) is 10.6 Å². The molecule has 0 fully saturated rings. The molecule has 1 aromatic rings. The normalized spacial score (nSPS) is 9.28. The lowest BCUT2D eigenvalue weighted by molar-refractivity contribution is -0.123. The van der Waals surface area contributed by atoms with Crippen LogP contribution in [0.2, 0.25) is 0 Å². The highest BCUT2D eigenvalue weighted by Gasteiger charge is 2.06. The van der Waals surface area contributed by atoms with Crippen molar-refractivity contribution < 1.29 is 9.59 Å². The summed E-state index contributed by atoms with van der Waals surface area (Å²) in [7, 11) is 0. The molecule has 4 N–H and O–H groups in total. The number of amides is 2. The van der Waals surface area contributed by atoms with Crippen LogP contribution in [0.25, 0.3) is 0 Å². The number of aryl methyl sites for hydroxylation is 2. The maximum absolute atomic E-state index is 11.5. The van der Waals surface area contributed by atoms with Gasteiger partial charge in [-0.05, 0) is 25.5 Å². The molecule has 0 aliphatic rings. The molecule has 0 aromatic heterocycles. The minimum Gasteiger partial charge on any atom is -0.346 e. The van der Waals surface area contributed by atoms with Gasteiger partial charge in [-0.25, -0.2) is 0 Å². The van der Waals surface area contributed by atoms with Gasteiger partial charge in [0, 0.05) is 5.69 Å². The number of hydrogen-bond donors (Lipinski definition) is 3. The van der Waals surface area contributed by atoms with Gasteiger partial charge in [-0.2, -0.15) is 0 Å². The van der Waals surface area contributed by atoms with Crippen molar-refractivity contribution in [3.05, 3.63) is 29.3 Å². The van der Waals surface area contributed by atoms with E-state index in [1.165, 1.54) is 0 Å². The zero-order chi connectivity index (χ0) is 12.8. The highest BCUT2D eigenvalue weighted by atomic mass is 35.5. The summed E-state index contributed by atoms with van der Waals surface area (Å²) in [4.78, 5) is 22.4. The average Bonchev–Trinajstić information content (AvgIpc) is 2.29. The average molecular weight is 272 g/mol. The Labute approximate surface area is 113 Å². The van der Waals surface area contributed by atoms with Crippen molar-refractivity contribution in [1.29, 1.82) is 0 Å². The van der Waals surface area contributed by atoms with Gasteiger partial charge in [-0.1, -0.05) is 17.7 Å². The lowest BCUT2D eigenvalue weighted by Crippen LogP contribution is -2.36. The molecule has 18 heavy (non-hydrogen) atoms. The summed E-state index contributed by atoms with van der Waals surface area (Å²) in [6.45, 7) is 3.72. The van der Waals surface area contributed by atoms with E-state index >= 15 is 0 Å². The number of anilines is 1. The molecule has 2 amide bonds. The minimum absolute atomic E-state index is 0. The van der Waals surface area contributed by atoms with Crippen molar-refractivity contribution in [2.45, 2.75) is 13.8 Å². The van der Waals surface area contributed by atoms with Crippen LogP contribution >= 0.6 is 12.4 Å². The molecule has 1 rings (SSSR count). The van der Waals surface area contributed by atoms with Gasteiger partial charge in [-0.3, -0.25) is 9.59 Å². The highest BCUT2D eigenvalue weighted by molar-refractivity contribution is 5.95. The van der Waals surface area contributed by atoms with E-state index in [-0.39, 0.29) is 37.3 Å². The van der Waals surface area contributed by atoms with E-state index in [4.69, 9.17) is 5.73 Å². The summed E-state index contributed by atoms with van der Waals surface area (Å²) in [5.41, 5.74) is 7.99. The van der Waals surface area contributed by atoms with Crippen LogP contribution in [0.4, 0.5) is 5.69 Å². The van der Waals surface area contributed by atoms with Gasteiger partial charge >= 0.3 is 0 Å². The van der Waals surface area contributed by atoms with Gasteiger partial charge < -0.3 is 16.4 Å². The molecule has 0 unspecified atom stereocenters. The van der Waals surface area contributed by atoms with Crippen LogP contribution in [0.5, 0.6) is 0 Å². The summed E-state index contributed by atoms with van der Waals surface area (Å²) in [5.74, 6) is -0.612. The zero-order valence-electron chi connectivity index (χ0n) is 10.4. The van der Waals surface area contributed by atoms with Gasteiger partial charge in [0.15, 0.2) is 0 Å². The van der Waals surface area contributed by atoms with Gasteiger partial charge in [-0.15, -0.1) is 12.4 Å². The van der Waals surface area contributed by atoms with Crippen molar-refractivity contribution in [1.82, 2.24) is 5.32 Å². The maximum atomic E-state index is 11.5. The number of rotatable bonds is 4. The number of benzene rings is 1. The number of carbonyl (C=O) groups excluding carboxylic acids is 2. The summed E-state index contributed by atoms with van der Waals surface area (Å²) in [6.07, 6.45) is 0. The molecular formula is C12H18ClN3O2. The fraction of sp³-hybridized carbons (Fsp3) is 0.333. The standard InChI is InChI=1S/C12H17N3O2.ClH/c1-8-3-4-10(9(2)5-8)15-12(17)7-14-11(16)6-13;/h3-5H,6-7,13H2,1-2H3,(H,14,16)(H,15,17);1H. The molecule has 0 aliphatic heterocycles. The summed E-state index contributed by atoms with van der Waals surface area (Å²) in [6, 6.07) is 5.74. The molecule has 0 saturated carbocycles. The Bertz CT molecular complexity index is 435. The first-order chi connectivity index (χ1) is 8.02. The van der Waals surface area contributed by atoms with Crippen LogP contribution in [0.1, 0.15) is 11.1 Å². The smallest absolute Gasteiger partial charge is 0.243 e. The summed E-state index contributed by atoms with van der Waals surface area (Å²) in [5, 5.41) is 5.13. The fourth-order valence-corrected chi connectivity index (χ4v) is 1.40. The number of carbonyl (C=O) groups is 2. The Hall–Kier alpha value is -1.59. The van der Waals surface area contributed by atoms with Gasteiger partial charge in [0.05, 0.1) is 13.1 Å². The van der Waals surface area contributed by atoms with Crippen molar-refractivity contribution in [3.63, 3.8) is 0 Å². The molecule has 0 spiro atoms. The van der Waals surface area contributed by atoms with Crippen LogP contribution < -0.4 is 16.4 Å². The fourth-order valence-electron chi connectivity index (χ4n) is 1.40. The molecule has 0 aliphatic carbocycles. The molecule has 1 aromatic carbocycles. The Morgan fingerprint density at radius 2 is 1.89 bits per heavy atom. The molecule has 0 atom stereocenters. The molecule has 5 nitrogen and oxygen atoms in total. The van der Waals surface area contributed by atoms with Crippen molar-refractivity contribution in [3.8, 4) is 0 Å². The number of halogens is 1. The first kappa shape index (κ1) is 16.4. The van der Waals surface area contributed by atoms with Gasteiger partial charge in [0.2, 0.25) is 11.8 Å². The third-order valence-corrected chi connectivity index (χ3v) is 2.29. The van der Waals surface area contributed by atoms with E-state index < -0.39 is 0 Å². The van der Waals surface area contributed by atoms with Gasteiger partial charge in [0.1, 0.15) is 0 Å². The molecular weight excluding hydrogens is 254 g/mol. The largest absolute Gasteiger partial charge is 0.346 e. The Morgan fingerprint density at radius 1 is 1.22 bits per heavy atom. The Kier molecular flexibility index (Phi) is 7.00. The number of nitrogens with two attached hydrogens (primary N) is 1.